The Hall–Kier alpha value is -2.57. The Morgan fingerprint density at radius 3 is 2.79 bits per heavy atom. The number of benzene rings is 1. The number of anilines is 1. The zero-order valence-electron chi connectivity index (χ0n) is 13.8. The summed E-state index contributed by atoms with van der Waals surface area (Å²) in [5, 5.41) is 2.79. The number of carbonyl (C=O) groups is 1. The number of rotatable bonds is 3. The SMILES string of the molecule is COc1cc(C)c(NC(=O)N2CCC(c3cnc[nH]3)CC2)cc1F. The standard InChI is InChI=1S/C17H21FN4O2/c1-11-7-16(24-2)13(18)8-14(11)21-17(23)22-5-3-12(4-6-22)15-9-19-10-20-15/h7-10,12H,3-6H2,1-2H3,(H,19,20)(H,21,23). The van der Waals surface area contributed by atoms with E-state index in [4.69, 9.17) is 4.74 Å². The molecule has 0 aliphatic carbocycles. The fourth-order valence-electron chi connectivity index (χ4n) is 3.02. The van der Waals surface area contributed by atoms with Crippen LogP contribution in [0.5, 0.6) is 5.75 Å². The first-order valence-corrected chi connectivity index (χ1v) is 7.97. The monoisotopic (exact) mass is 332 g/mol. The summed E-state index contributed by atoms with van der Waals surface area (Å²) < 4.78 is 18.8. The van der Waals surface area contributed by atoms with Crippen LogP contribution in [0.2, 0.25) is 0 Å². The molecular weight excluding hydrogens is 311 g/mol. The molecule has 0 bridgehead atoms. The average molecular weight is 332 g/mol. The van der Waals surface area contributed by atoms with Gasteiger partial charge >= 0.3 is 6.03 Å². The molecule has 2 heterocycles. The zero-order chi connectivity index (χ0) is 17.1. The number of carbonyl (C=O) groups excluding carboxylic acids is 1. The van der Waals surface area contributed by atoms with E-state index in [0.29, 0.717) is 24.7 Å². The number of urea groups is 1. The smallest absolute Gasteiger partial charge is 0.321 e. The molecule has 1 aromatic carbocycles. The number of hydrogen-bond donors (Lipinski definition) is 2. The predicted molar refractivity (Wildman–Crippen MR) is 88.8 cm³/mol. The zero-order valence-corrected chi connectivity index (χ0v) is 13.8. The van der Waals surface area contributed by atoms with E-state index in [1.54, 1.807) is 17.3 Å². The number of methoxy groups -OCH3 is 1. The molecular formula is C17H21FN4O2. The quantitative estimate of drug-likeness (QED) is 0.906. The Bertz CT molecular complexity index is 710. The van der Waals surface area contributed by atoms with Crippen LogP contribution in [0.1, 0.15) is 30.0 Å². The van der Waals surface area contributed by atoms with Crippen molar-refractivity contribution in [3.63, 3.8) is 0 Å². The molecule has 0 atom stereocenters. The van der Waals surface area contributed by atoms with Gasteiger partial charge in [0.05, 0.1) is 13.4 Å². The molecule has 1 fully saturated rings. The fraction of sp³-hybridized carbons (Fsp3) is 0.412. The fourth-order valence-corrected chi connectivity index (χ4v) is 3.02. The summed E-state index contributed by atoms with van der Waals surface area (Å²) in [7, 11) is 1.42. The number of nitrogens with one attached hydrogen (secondary N) is 2. The highest BCUT2D eigenvalue weighted by Gasteiger charge is 2.25. The number of H-pyrrole nitrogens is 1. The number of imidazole rings is 1. The van der Waals surface area contributed by atoms with E-state index in [2.05, 4.69) is 15.3 Å². The summed E-state index contributed by atoms with van der Waals surface area (Å²) in [4.78, 5) is 21.4. The van der Waals surface area contributed by atoms with Crippen molar-refractivity contribution < 1.29 is 13.9 Å². The van der Waals surface area contributed by atoms with Gasteiger partial charge in [-0.1, -0.05) is 0 Å². The highest BCUT2D eigenvalue weighted by Crippen LogP contribution is 2.28. The van der Waals surface area contributed by atoms with Crippen molar-refractivity contribution in [3.05, 3.63) is 41.7 Å². The number of nitrogens with zero attached hydrogens (tertiary/aromatic N) is 2. The van der Waals surface area contributed by atoms with Gasteiger partial charge in [0.1, 0.15) is 0 Å². The van der Waals surface area contributed by atoms with Gasteiger partial charge in [-0.2, -0.15) is 0 Å². The topological polar surface area (TPSA) is 70.2 Å². The van der Waals surface area contributed by atoms with Gasteiger partial charge in [0.2, 0.25) is 0 Å². The van der Waals surface area contributed by atoms with Gasteiger partial charge in [0.25, 0.3) is 0 Å². The molecule has 3 rings (SSSR count). The molecule has 1 aliphatic heterocycles. The molecule has 128 valence electrons. The lowest BCUT2D eigenvalue weighted by Crippen LogP contribution is -2.40. The summed E-state index contributed by atoms with van der Waals surface area (Å²) in [5.74, 6) is 0.0824. The first-order valence-electron chi connectivity index (χ1n) is 7.97. The van der Waals surface area contributed by atoms with Crippen molar-refractivity contribution in [2.75, 3.05) is 25.5 Å². The van der Waals surface area contributed by atoms with Crippen LogP contribution in [-0.2, 0) is 0 Å². The van der Waals surface area contributed by atoms with E-state index in [0.717, 1.165) is 24.1 Å². The van der Waals surface area contributed by atoms with Gasteiger partial charge in [0.15, 0.2) is 11.6 Å². The number of ether oxygens (including phenoxy) is 1. The van der Waals surface area contributed by atoms with Crippen molar-refractivity contribution in [2.24, 2.45) is 0 Å². The van der Waals surface area contributed by atoms with Crippen molar-refractivity contribution in [1.82, 2.24) is 14.9 Å². The maximum Gasteiger partial charge on any atom is 0.321 e. The number of halogens is 1. The molecule has 6 nitrogen and oxygen atoms in total. The van der Waals surface area contributed by atoms with Gasteiger partial charge in [-0.15, -0.1) is 0 Å². The summed E-state index contributed by atoms with van der Waals surface area (Å²) in [6.07, 6.45) is 5.27. The van der Waals surface area contributed by atoms with Crippen molar-refractivity contribution in [2.45, 2.75) is 25.7 Å². The maximum absolute atomic E-state index is 13.8. The molecule has 0 radical (unpaired) electrons. The van der Waals surface area contributed by atoms with Crippen LogP contribution in [0.15, 0.2) is 24.7 Å². The molecule has 1 saturated heterocycles. The molecule has 7 heteroatoms. The highest BCUT2D eigenvalue weighted by atomic mass is 19.1. The Labute approximate surface area is 140 Å². The lowest BCUT2D eigenvalue weighted by atomic mass is 9.94. The van der Waals surface area contributed by atoms with Crippen LogP contribution >= 0.6 is 0 Å². The van der Waals surface area contributed by atoms with Gasteiger partial charge in [-0.05, 0) is 31.4 Å². The van der Waals surface area contributed by atoms with Crippen LogP contribution in [-0.4, -0.2) is 41.1 Å². The number of hydrogen-bond acceptors (Lipinski definition) is 3. The molecule has 2 amide bonds. The molecule has 2 aromatic rings. The van der Waals surface area contributed by atoms with Gasteiger partial charge in [-0.3, -0.25) is 0 Å². The number of aromatic nitrogens is 2. The summed E-state index contributed by atoms with van der Waals surface area (Å²) in [5.41, 5.74) is 2.34. The molecule has 24 heavy (non-hydrogen) atoms. The van der Waals surface area contributed by atoms with Gasteiger partial charge in [0, 0.05) is 42.7 Å². The van der Waals surface area contributed by atoms with E-state index >= 15 is 0 Å². The number of aryl methyl sites for hydroxylation is 1. The van der Waals surface area contributed by atoms with Crippen molar-refractivity contribution in [3.8, 4) is 5.75 Å². The minimum Gasteiger partial charge on any atom is -0.494 e. The van der Waals surface area contributed by atoms with Crippen LogP contribution < -0.4 is 10.1 Å². The van der Waals surface area contributed by atoms with Gasteiger partial charge < -0.3 is 19.9 Å². The third-order valence-electron chi connectivity index (χ3n) is 4.48. The van der Waals surface area contributed by atoms with E-state index < -0.39 is 5.82 Å². The van der Waals surface area contributed by atoms with E-state index in [1.165, 1.54) is 13.2 Å². The third-order valence-corrected chi connectivity index (χ3v) is 4.48. The van der Waals surface area contributed by atoms with Crippen LogP contribution in [0.25, 0.3) is 0 Å². The highest BCUT2D eigenvalue weighted by molar-refractivity contribution is 5.90. The third kappa shape index (κ3) is 3.34. The Balaban J connectivity index is 1.61. The molecule has 0 saturated carbocycles. The van der Waals surface area contributed by atoms with E-state index in [1.807, 2.05) is 13.1 Å². The first kappa shape index (κ1) is 16.3. The summed E-state index contributed by atoms with van der Waals surface area (Å²) >= 11 is 0. The second kappa shape index (κ2) is 6.90. The average Bonchev–Trinajstić information content (AvgIpc) is 3.12. The molecule has 1 aliphatic rings. The van der Waals surface area contributed by atoms with Crippen LogP contribution in [0.3, 0.4) is 0 Å². The van der Waals surface area contributed by atoms with Crippen molar-refractivity contribution >= 4 is 11.7 Å². The summed E-state index contributed by atoms with van der Waals surface area (Å²) in [6.45, 7) is 3.13. The minimum absolute atomic E-state index is 0.172. The number of likely N-dealkylation sites (tertiary alicyclic amines) is 1. The lowest BCUT2D eigenvalue weighted by molar-refractivity contribution is 0.194. The van der Waals surface area contributed by atoms with Crippen LogP contribution in [0.4, 0.5) is 14.9 Å². The second-order valence-corrected chi connectivity index (χ2v) is 6.00. The molecule has 2 N–H and O–H groups in total. The maximum atomic E-state index is 13.8. The number of piperidine rings is 1. The normalized spacial score (nSPS) is 15.4. The van der Waals surface area contributed by atoms with Crippen molar-refractivity contribution in [1.29, 1.82) is 0 Å². The molecule has 0 spiro atoms. The number of amides is 2. The first-order chi connectivity index (χ1) is 11.6. The summed E-state index contributed by atoms with van der Waals surface area (Å²) in [6, 6.07) is 2.67. The number of aromatic amines is 1. The Morgan fingerprint density at radius 1 is 1.42 bits per heavy atom. The largest absolute Gasteiger partial charge is 0.494 e. The Morgan fingerprint density at radius 2 is 2.17 bits per heavy atom. The lowest BCUT2D eigenvalue weighted by Gasteiger charge is -2.31. The van der Waals surface area contributed by atoms with E-state index in [9.17, 15) is 9.18 Å². The van der Waals surface area contributed by atoms with Crippen LogP contribution in [0, 0.1) is 12.7 Å². The molecule has 0 unspecified atom stereocenters. The second-order valence-electron chi connectivity index (χ2n) is 6.00. The Kier molecular flexibility index (Phi) is 4.69. The molecule has 1 aromatic heterocycles. The minimum atomic E-state index is -0.489. The van der Waals surface area contributed by atoms with Gasteiger partial charge in [-0.25, -0.2) is 14.2 Å². The predicted octanol–water partition coefficient (Wildman–Crippen LogP) is 3.28. The van der Waals surface area contributed by atoms with E-state index in [-0.39, 0.29) is 11.8 Å².